The number of hydrogen-bond donors (Lipinski definition) is 1. The first-order valence-electron chi connectivity index (χ1n) is 8.15. The third-order valence-corrected chi connectivity index (χ3v) is 6.30. The number of thiophene rings is 1. The summed E-state index contributed by atoms with van der Waals surface area (Å²) < 4.78 is 1.01. The zero-order valence-electron chi connectivity index (χ0n) is 13.8. The van der Waals surface area contributed by atoms with E-state index in [1.54, 1.807) is 17.4 Å². The summed E-state index contributed by atoms with van der Waals surface area (Å²) in [6, 6.07) is 15.4. The molecule has 0 radical (unpaired) electrons. The van der Waals surface area contributed by atoms with Gasteiger partial charge in [0.05, 0.1) is 10.4 Å². The first kappa shape index (κ1) is 17.5. The Morgan fingerprint density at radius 2 is 1.88 bits per heavy atom. The zero-order chi connectivity index (χ0) is 18.3. The first-order chi connectivity index (χ1) is 12.6. The SMILES string of the molecule is CCc1sc2nc(-c3ccccc3Cl)[nH]c(=O)c2c1-c1ccc(Br)cc1. The topological polar surface area (TPSA) is 45.8 Å². The number of nitrogens with one attached hydrogen (secondary N) is 1. The summed E-state index contributed by atoms with van der Waals surface area (Å²) in [7, 11) is 0. The van der Waals surface area contributed by atoms with Gasteiger partial charge in [-0.1, -0.05) is 58.7 Å². The van der Waals surface area contributed by atoms with Gasteiger partial charge in [0.1, 0.15) is 10.7 Å². The molecule has 4 aromatic rings. The number of nitrogens with zero attached hydrogens (tertiary/aromatic N) is 1. The van der Waals surface area contributed by atoms with Gasteiger partial charge in [-0.05, 0) is 36.2 Å². The van der Waals surface area contributed by atoms with Crippen molar-refractivity contribution in [1.29, 1.82) is 0 Å². The summed E-state index contributed by atoms with van der Waals surface area (Å²) in [5.74, 6) is 0.499. The Morgan fingerprint density at radius 1 is 1.15 bits per heavy atom. The number of H-pyrrole nitrogens is 1. The number of rotatable bonds is 3. The molecule has 2 heterocycles. The van der Waals surface area contributed by atoms with Crippen LogP contribution in [-0.4, -0.2) is 9.97 Å². The van der Waals surface area contributed by atoms with E-state index in [0.717, 1.165) is 37.3 Å². The van der Waals surface area contributed by atoms with Gasteiger partial charge in [-0.3, -0.25) is 4.79 Å². The van der Waals surface area contributed by atoms with Crippen LogP contribution < -0.4 is 5.56 Å². The predicted molar refractivity (Wildman–Crippen MR) is 113 cm³/mol. The minimum absolute atomic E-state index is 0.140. The van der Waals surface area contributed by atoms with Crippen molar-refractivity contribution in [2.45, 2.75) is 13.3 Å². The van der Waals surface area contributed by atoms with Crippen molar-refractivity contribution in [3.05, 3.63) is 73.3 Å². The zero-order valence-corrected chi connectivity index (χ0v) is 17.0. The molecule has 2 aromatic heterocycles. The third-order valence-electron chi connectivity index (χ3n) is 4.22. The average molecular weight is 446 g/mol. The minimum atomic E-state index is -0.140. The summed E-state index contributed by atoms with van der Waals surface area (Å²) in [5.41, 5.74) is 2.58. The lowest BCUT2D eigenvalue weighted by Gasteiger charge is -2.05. The molecule has 0 aliphatic rings. The van der Waals surface area contributed by atoms with Gasteiger partial charge in [0.2, 0.25) is 0 Å². The lowest BCUT2D eigenvalue weighted by atomic mass is 10.0. The number of hydrogen-bond acceptors (Lipinski definition) is 3. The smallest absolute Gasteiger partial charge is 0.260 e. The number of aromatic nitrogens is 2. The predicted octanol–water partition coefficient (Wildman–Crippen LogP) is 6.30. The van der Waals surface area contributed by atoms with Crippen LogP contribution in [0.4, 0.5) is 0 Å². The van der Waals surface area contributed by atoms with Crippen LogP contribution in [0.1, 0.15) is 11.8 Å². The van der Waals surface area contributed by atoms with Crippen molar-refractivity contribution in [3.8, 4) is 22.5 Å². The van der Waals surface area contributed by atoms with Crippen LogP contribution >= 0.6 is 38.9 Å². The molecule has 0 saturated carbocycles. The van der Waals surface area contributed by atoms with E-state index in [9.17, 15) is 4.79 Å². The van der Waals surface area contributed by atoms with E-state index in [-0.39, 0.29) is 5.56 Å². The van der Waals surface area contributed by atoms with Crippen molar-refractivity contribution >= 4 is 49.1 Å². The van der Waals surface area contributed by atoms with Crippen molar-refractivity contribution in [2.24, 2.45) is 0 Å². The van der Waals surface area contributed by atoms with Gasteiger partial charge in [0.15, 0.2) is 0 Å². The van der Waals surface area contributed by atoms with Gasteiger partial charge < -0.3 is 4.98 Å². The maximum absolute atomic E-state index is 12.9. The molecule has 0 aliphatic carbocycles. The van der Waals surface area contributed by atoms with E-state index in [1.807, 2.05) is 42.5 Å². The fourth-order valence-electron chi connectivity index (χ4n) is 3.01. The Hall–Kier alpha value is -1.95. The van der Waals surface area contributed by atoms with E-state index in [4.69, 9.17) is 16.6 Å². The van der Waals surface area contributed by atoms with E-state index >= 15 is 0 Å². The molecule has 0 atom stereocenters. The molecule has 0 spiro atoms. The highest BCUT2D eigenvalue weighted by molar-refractivity contribution is 9.10. The van der Waals surface area contributed by atoms with Gasteiger partial charge >= 0.3 is 0 Å². The summed E-state index contributed by atoms with van der Waals surface area (Å²) in [5, 5.41) is 1.21. The maximum atomic E-state index is 12.9. The highest BCUT2D eigenvalue weighted by Gasteiger charge is 2.19. The summed E-state index contributed by atoms with van der Waals surface area (Å²) in [6.07, 6.45) is 0.841. The second-order valence-corrected chi connectivity index (χ2v) is 8.24. The molecule has 0 amide bonds. The monoisotopic (exact) mass is 444 g/mol. The second kappa shape index (κ2) is 6.99. The van der Waals surface area contributed by atoms with Crippen LogP contribution in [0.25, 0.3) is 32.7 Å². The van der Waals surface area contributed by atoms with Crippen molar-refractivity contribution < 1.29 is 0 Å². The molecule has 4 rings (SSSR count). The molecule has 0 fully saturated rings. The number of aryl methyl sites for hydroxylation is 1. The molecular weight excluding hydrogens is 432 g/mol. The van der Waals surface area contributed by atoms with Crippen LogP contribution in [0.15, 0.2) is 57.8 Å². The Morgan fingerprint density at radius 3 is 2.58 bits per heavy atom. The molecule has 6 heteroatoms. The summed E-state index contributed by atoms with van der Waals surface area (Å²) >= 11 is 11.3. The number of halogens is 2. The molecule has 0 unspecified atom stereocenters. The minimum Gasteiger partial charge on any atom is -0.306 e. The van der Waals surface area contributed by atoms with E-state index in [1.165, 1.54) is 0 Å². The largest absolute Gasteiger partial charge is 0.306 e. The highest BCUT2D eigenvalue weighted by atomic mass is 79.9. The summed E-state index contributed by atoms with van der Waals surface area (Å²) in [6.45, 7) is 2.09. The normalized spacial score (nSPS) is 11.2. The van der Waals surface area contributed by atoms with Gasteiger partial charge in [-0.2, -0.15) is 0 Å². The van der Waals surface area contributed by atoms with Crippen molar-refractivity contribution in [2.75, 3.05) is 0 Å². The maximum Gasteiger partial charge on any atom is 0.260 e. The van der Waals surface area contributed by atoms with Crippen LogP contribution in [-0.2, 0) is 6.42 Å². The lowest BCUT2D eigenvalue weighted by molar-refractivity contribution is 1.18. The molecule has 1 N–H and O–H groups in total. The number of fused-ring (bicyclic) bond motifs is 1. The van der Waals surface area contributed by atoms with Crippen molar-refractivity contribution in [1.82, 2.24) is 9.97 Å². The molecule has 3 nitrogen and oxygen atoms in total. The van der Waals surface area contributed by atoms with E-state index in [2.05, 4.69) is 27.8 Å². The number of benzene rings is 2. The molecule has 0 saturated heterocycles. The Balaban J connectivity index is 1.99. The van der Waals surface area contributed by atoms with E-state index < -0.39 is 0 Å². The molecular formula is C20H14BrClN2OS. The van der Waals surface area contributed by atoms with Crippen molar-refractivity contribution in [3.63, 3.8) is 0 Å². The highest BCUT2D eigenvalue weighted by Crippen LogP contribution is 2.37. The second-order valence-electron chi connectivity index (χ2n) is 5.84. The quantitative estimate of drug-likeness (QED) is 0.402. The number of aromatic amines is 1. The van der Waals surface area contributed by atoms with Crippen LogP contribution in [0.3, 0.4) is 0 Å². The fourth-order valence-corrected chi connectivity index (χ4v) is 4.63. The summed E-state index contributed by atoms with van der Waals surface area (Å²) in [4.78, 5) is 22.4. The molecule has 0 aliphatic heterocycles. The van der Waals surface area contributed by atoms with Crippen LogP contribution in [0.5, 0.6) is 0 Å². The van der Waals surface area contributed by atoms with Gasteiger partial charge in [0.25, 0.3) is 5.56 Å². The Kier molecular flexibility index (Phi) is 4.69. The average Bonchev–Trinajstić information content (AvgIpc) is 3.02. The van der Waals surface area contributed by atoms with E-state index in [0.29, 0.717) is 16.2 Å². The third kappa shape index (κ3) is 3.00. The Labute approximate surface area is 167 Å². The lowest BCUT2D eigenvalue weighted by Crippen LogP contribution is -2.09. The van der Waals surface area contributed by atoms with Gasteiger partial charge in [-0.25, -0.2) is 4.98 Å². The fraction of sp³-hybridized carbons (Fsp3) is 0.100. The van der Waals surface area contributed by atoms with Gasteiger partial charge in [0, 0.05) is 20.5 Å². The van der Waals surface area contributed by atoms with Gasteiger partial charge in [-0.15, -0.1) is 11.3 Å². The Bertz CT molecular complexity index is 1160. The molecule has 0 bridgehead atoms. The first-order valence-corrected chi connectivity index (χ1v) is 10.1. The van der Waals surface area contributed by atoms with Crippen LogP contribution in [0, 0.1) is 0 Å². The molecule has 26 heavy (non-hydrogen) atoms. The van der Waals surface area contributed by atoms with Crippen LogP contribution in [0.2, 0.25) is 5.02 Å². The molecule has 2 aromatic carbocycles. The molecule has 130 valence electrons. The standard InChI is InChI=1S/C20H14BrClN2OS/c1-2-15-16(11-7-9-12(21)10-8-11)17-19(25)23-18(24-20(17)26-15)13-5-3-4-6-14(13)22/h3-10H,2H2,1H3,(H,23,24,25).